The first-order chi connectivity index (χ1) is 18.1. The minimum absolute atomic E-state index is 0.160. The zero-order valence-corrected chi connectivity index (χ0v) is 21.7. The number of benzene rings is 1. The number of carboxylic acids is 2. The molecule has 4 rings (SSSR count). The van der Waals surface area contributed by atoms with E-state index < -0.39 is 42.4 Å². The Balaban J connectivity index is 1.17. The molecule has 0 radical (unpaired) electrons. The summed E-state index contributed by atoms with van der Waals surface area (Å²) in [6.45, 7) is 3.39. The summed E-state index contributed by atoms with van der Waals surface area (Å²) in [6.07, 6.45) is 4.56. The van der Waals surface area contributed by atoms with Crippen LogP contribution in [0.3, 0.4) is 0 Å². The molecule has 10 heteroatoms. The fourth-order valence-electron chi connectivity index (χ4n) is 5.98. The minimum atomic E-state index is -2.73. The molecule has 1 aliphatic heterocycles. The molecule has 208 valence electrons. The van der Waals surface area contributed by atoms with Crippen molar-refractivity contribution < 1.29 is 39.5 Å². The predicted octanol–water partition coefficient (Wildman–Crippen LogP) is 1.51. The monoisotopic (exact) mass is 530 g/mol. The summed E-state index contributed by atoms with van der Waals surface area (Å²) in [5.74, 6) is -3.77. The van der Waals surface area contributed by atoms with Crippen molar-refractivity contribution in [2.24, 2.45) is 11.3 Å². The lowest BCUT2D eigenvalue weighted by Gasteiger charge is -2.61. The van der Waals surface area contributed by atoms with Crippen LogP contribution < -0.4 is 5.32 Å². The molecular formula is C28H38N2O8. The number of nitrogens with one attached hydrogen (secondary N) is 1. The van der Waals surface area contributed by atoms with Gasteiger partial charge < -0.3 is 30.5 Å². The standard InChI is InChI=1S/C28H38N2O8/c1-2-19(8-18-6-4-3-5-7-18)22-9-23(22)29-20-10-27(11-20)16-30(17-27)21(14-31)15-38-25(34)13-28(37,26(35)36)12-24(32)33/h3-8,20-23,29,31,37H,2,9-17H2,1H3,(H,32,33)(H,35,36)/b19-8+/t21?,22-,23+,28?/m0/s1. The number of aliphatic carboxylic acids is 2. The third-order valence-corrected chi connectivity index (χ3v) is 8.15. The average Bonchev–Trinajstić information content (AvgIpc) is 3.58. The van der Waals surface area contributed by atoms with Gasteiger partial charge in [0.25, 0.3) is 0 Å². The molecule has 1 spiro atoms. The molecule has 0 bridgehead atoms. The van der Waals surface area contributed by atoms with Crippen molar-refractivity contribution in [3.8, 4) is 0 Å². The topological polar surface area (TPSA) is 157 Å². The fourth-order valence-corrected chi connectivity index (χ4v) is 5.98. The molecule has 4 atom stereocenters. The van der Waals surface area contributed by atoms with E-state index in [0.29, 0.717) is 18.0 Å². The Bertz CT molecular complexity index is 1050. The highest BCUT2D eigenvalue weighted by Gasteiger charge is 2.55. The molecule has 1 aromatic carbocycles. The molecule has 10 nitrogen and oxygen atoms in total. The molecule has 5 N–H and O–H groups in total. The lowest BCUT2D eigenvalue weighted by Crippen LogP contribution is -2.69. The molecule has 2 unspecified atom stereocenters. The van der Waals surface area contributed by atoms with Crippen molar-refractivity contribution in [2.75, 3.05) is 26.3 Å². The van der Waals surface area contributed by atoms with Gasteiger partial charge in [-0.1, -0.05) is 48.9 Å². The fraction of sp³-hybridized carbons (Fsp3) is 0.607. The number of carbonyl (C=O) groups is 3. The number of hydrogen-bond donors (Lipinski definition) is 5. The van der Waals surface area contributed by atoms with E-state index in [4.69, 9.17) is 14.9 Å². The van der Waals surface area contributed by atoms with Crippen LogP contribution in [0, 0.1) is 11.3 Å². The number of hydrogen-bond acceptors (Lipinski definition) is 8. The lowest BCUT2D eigenvalue weighted by molar-refractivity contribution is -0.173. The Labute approximate surface area is 222 Å². The van der Waals surface area contributed by atoms with Crippen LogP contribution in [0.4, 0.5) is 0 Å². The Morgan fingerprint density at radius 1 is 1.18 bits per heavy atom. The predicted molar refractivity (Wildman–Crippen MR) is 138 cm³/mol. The van der Waals surface area contributed by atoms with Crippen molar-refractivity contribution in [2.45, 2.75) is 69.2 Å². The first-order valence-corrected chi connectivity index (χ1v) is 13.3. The van der Waals surface area contributed by atoms with Crippen molar-refractivity contribution in [3.63, 3.8) is 0 Å². The zero-order valence-electron chi connectivity index (χ0n) is 21.7. The van der Waals surface area contributed by atoms with Gasteiger partial charge in [0.1, 0.15) is 6.61 Å². The van der Waals surface area contributed by atoms with Crippen LogP contribution >= 0.6 is 0 Å². The van der Waals surface area contributed by atoms with Gasteiger partial charge in [0.05, 0.1) is 25.5 Å². The third-order valence-electron chi connectivity index (χ3n) is 8.15. The van der Waals surface area contributed by atoms with Crippen LogP contribution in [-0.2, 0) is 19.1 Å². The van der Waals surface area contributed by atoms with Crippen molar-refractivity contribution in [3.05, 3.63) is 41.5 Å². The Kier molecular flexibility index (Phi) is 8.56. The van der Waals surface area contributed by atoms with E-state index in [-0.39, 0.29) is 18.6 Å². The molecule has 3 fully saturated rings. The highest BCUT2D eigenvalue weighted by atomic mass is 16.5. The number of ether oxygens (including phenoxy) is 1. The SMILES string of the molecule is CC/C(=C\c1ccccc1)[C@@H]1C[C@H]1NC1CC2(C1)CN(C(CO)COC(=O)CC(O)(CC(=O)O)C(=O)O)C2. The molecule has 38 heavy (non-hydrogen) atoms. The smallest absolute Gasteiger partial charge is 0.336 e. The summed E-state index contributed by atoms with van der Waals surface area (Å²) < 4.78 is 5.09. The molecule has 0 amide bonds. The highest BCUT2D eigenvalue weighted by molar-refractivity contribution is 5.88. The summed E-state index contributed by atoms with van der Waals surface area (Å²) >= 11 is 0. The van der Waals surface area contributed by atoms with E-state index in [1.807, 2.05) is 11.0 Å². The summed E-state index contributed by atoms with van der Waals surface area (Å²) in [5.41, 5.74) is 0.205. The van der Waals surface area contributed by atoms with Crippen LogP contribution in [0.25, 0.3) is 6.08 Å². The average molecular weight is 531 g/mol. The van der Waals surface area contributed by atoms with Crippen LogP contribution in [-0.4, -0.2) is 93.3 Å². The Morgan fingerprint density at radius 3 is 2.45 bits per heavy atom. The highest BCUT2D eigenvalue weighted by Crippen LogP contribution is 2.50. The number of likely N-dealkylation sites (tertiary alicyclic amines) is 1. The normalized spacial score (nSPS) is 25.1. The van der Waals surface area contributed by atoms with E-state index in [9.17, 15) is 24.6 Å². The first-order valence-electron chi connectivity index (χ1n) is 13.3. The van der Waals surface area contributed by atoms with Gasteiger partial charge in [-0.25, -0.2) is 4.79 Å². The van der Waals surface area contributed by atoms with E-state index in [0.717, 1.165) is 32.4 Å². The van der Waals surface area contributed by atoms with Crippen LogP contribution in [0.15, 0.2) is 35.9 Å². The van der Waals surface area contributed by atoms with E-state index >= 15 is 0 Å². The summed E-state index contributed by atoms with van der Waals surface area (Å²) in [4.78, 5) is 36.2. The molecule has 3 aliphatic rings. The Hall–Kier alpha value is -2.79. The number of aliphatic hydroxyl groups excluding tert-OH is 1. The maximum Gasteiger partial charge on any atom is 0.336 e. The Morgan fingerprint density at radius 2 is 1.87 bits per heavy atom. The second-order valence-corrected chi connectivity index (χ2v) is 11.2. The molecule has 1 aromatic rings. The van der Waals surface area contributed by atoms with E-state index in [2.05, 4.69) is 42.6 Å². The van der Waals surface area contributed by atoms with Crippen LogP contribution in [0.1, 0.15) is 51.0 Å². The maximum absolute atomic E-state index is 12.1. The van der Waals surface area contributed by atoms with Gasteiger partial charge >= 0.3 is 17.9 Å². The summed E-state index contributed by atoms with van der Waals surface area (Å²) in [7, 11) is 0. The largest absolute Gasteiger partial charge is 0.481 e. The maximum atomic E-state index is 12.1. The van der Waals surface area contributed by atoms with Crippen molar-refractivity contribution in [1.29, 1.82) is 0 Å². The molecule has 1 saturated heterocycles. The molecule has 2 aliphatic carbocycles. The van der Waals surface area contributed by atoms with E-state index in [1.165, 1.54) is 17.6 Å². The molecule has 2 saturated carbocycles. The third kappa shape index (κ3) is 6.61. The quantitative estimate of drug-likeness (QED) is 0.223. The van der Waals surface area contributed by atoms with Gasteiger partial charge in [0.2, 0.25) is 0 Å². The van der Waals surface area contributed by atoms with Crippen LogP contribution in [0.2, 0.25) is 0 Å². The van der Waals surface area contributed by atoms with Crippen molar-refractivity contribution in [1.82, 2.24) is 10.2 Å². The number of rotatable bonds is 14. The molecular weight excluding hydrogens is 492 g/mol. The zero-order chi connectivity index (χ0) is 27.5. The second kappa shape index (κ2) is 11.5. The van der Waals surface area contributed by atoms with Gasteiger partial charge in [-0.2, -0.15) is 0 Å². The number of nitrogens with zero attached hydrogens (tertiary/aromatic N) is 1. The second-order valence-electron chi connectivity index (χ2n) is 11.2. The number of carboxylic acid groups (broad SMARTS) is 2. The van der Waals surface area contributed by atoms with E-state index in [1.54, 1.807) is 0 Å². The first kappa shape index (κ1) is 28.2. The van der Waals surface area contributed by atoms with Gasteiger partial charge in [-0.15, -0.1) is 0 Å². The number of carbonyl (C=O) groups excluding carboxylic acids is 1. The molecule has 1 heterocycles. The van der Waals surface area contributed by atoms with Gasteiger partial charge in [-0.3, -0.25) is 14.5 Å². The number of esters is 1. The van der Waals surface area contributed by atoms with Gasteiger partial charge in [0.15, 0.2) is 5.60 Å². The number of aliphatic hydroxyl groups is 2. The molecule has 0 aromatic heterocycles. The minimum Gasteiger partial charge on any atom is -0.481 e. The van der Waals surface area contributed by atoms with Crippen molar-refractivity contribution >= 4 is 24.0 Å². The lowest BCUT2D eigenvalue weighted by atomic mass is 9.60. The summed E-state index contributed by atoms with van der Waals surface area (Å²) in [5, 5.41) is 41.5. The van der Waals surface area contributed by atoms with Crippen LogP contribution in [0.5, 0.6) is 0 Å². The van der Waals surface area contributed by atoms with Gasteiger partial charge in [-0.05, 0) is 42.6 Å². The van der Waals surface area contributed by atoms with Gasteiger partial charge in [0, 0.05) is 25.2 Å². The summed E-state index contributed by atoms with van der Waals surface area (Å²) in [6, 6.07) is 11.0.